The Hall–Kier alpha value is -4.03. The van der Waals surface area contributed by atoms with Crippen LogP contribution < -0.4 is 10.1 Å². The topological polar surface area (TPSA) is 92.5 Å². The maximum Gasteiger partial charge on any atom is 0.419 e. The lowest BCUT2D eigenvalue weighted by atomic mass is 10.2. The highest BCUT2D eigenvalue weighted by Crippen LogP contribution is 2.33. The van der Waals surface area contributed by atoms with E-state index in [0.717, 1.165) is 24.7 Å². The minimum absolute atomic E-state index is 0.191. The predicted molar refractivity (Wildman–Crippen MR) is 126 cm³/mol. The summed E-state index contributed by atoms with van der Waals surface area (Å²) in [5.74, 6) is -0.631. The molecule has 1 fully saturated rings. The number of halogens is 4. The molecule has 1 unspecified atom stereocenters. The summed E-state index contributed by atoms with van der Waals surface area (Å²) in [6.07, 6.45) is -1.62. The first-order valence-electron chi connectivity index (χ1n) is 11.3. The molecule has 2 aromatic heterocycles. The van der Waals surface area contributed by atoms with E-state index in [1.807, 2.05) is 0 Å². The Morgan fingerprint density at radius 3 is 2.73 bits per heavy atom. The quantitative estimate of drug-likeness (QED) is 0.363. The Morgan fingerprint density at radius 1 is 1.14 bits per heavy atom. The maximum atomic E-state index is 13.5. The van der Waals surface area contributed by atoms with Crippen molar-refractivity contribution < 1.29 is 32.2 Å². The lowest BCUT2D eigenvalue weighted by molar-refractivity contribution is -0.139. The third-order valence-electron chi connectivity index (χ3n) is 5.96. The zero-order chi connectivity index (χ0) is 26.2. The summed E-state index contributed by atoms with van der Waals surface area (Å²) in [4.78, 5) is 23.2. The van der Waals surface area contributed by atoms with Gasteiger partial charge in [-0.15, -0.1) is 0 Å². The van der Waals surface area contributed by atoms with E-state index in [2.05, 4.69) is 20.2 Å². The molecule has 2 aromatic carbocycles. The van der Waals surface area contributed by atoms with Gasteiger partial charge in [-0.1, -0.05) is 0 Å². The van der Waals surface area contributed by atoms with Gasteiger partial charge in [0.1, 0.15) is 17.9 Å². The van der Waals surface area contributed by atoms with E-state index >= 15 is 0 Å². The Labute approximate surface area is 208 Å². The summed E-state index contributed by atoms with van der Waals surface area (Å²) in [6.45, 7) is 1.94. The Balaban J connectivity index is 1.30. The molecule has 1 aliphatic heterocycles. The molecule has 0 radical (unpaired) electrons. The fraction of sp³-hybridized carbons (Fsp3) is 0.240. The van der Waals surface area contributed by atoms with Crippen molar-refractivity contribution in [2.45, 2.75) is 25.2 Å². The zero-order valence-electron chi connectivity index (χ0n) is 19.2. The number of ether oxygens (including phenoxy) is 1. The van der Waals surface area contributed by atoms with Crippen molar-refractivity contribution in [2.24, 2.45) is 0 Å². The monoisotopic (exact) mass is 515 g/mol. The van der Waals surface area contributed by atoms with Crippen LogP contribution in [0.3, 0.4) is 0 Å². The van der Waals surface area contributed by atoms with Crippen molar-refractivity contribution in [3.8, 4) is 11.6 Å². The summed E-state index contributed by atoms with van der Waals surface area (Å²) in [7, 11) is 0. The minimum atomic E-state index is -4.89. The molecule has 3 heterocycles. The molecule has 8 nitrogen and oxygen atoms in total. The zero-order valence-corrected chi connectivity index (χ0v) is 19.2. The second-order valence-corrected chi connectivity index (χ2v) is 8.66. The standard InChI is InChI=1S/C25H21F4N5O3/c26-21-3-1-16(10-20(21)25(27,28)29)32-24(36)34-8-5-15-9-19(2-4-22(15)34)37-23-11-17(30-14-31-23)12-33-7-6-18(35)13-33/h1-5,8-11,14,18,35H,6-7,12-13H2,(H,32,36). The average Bonchev–Trinajstić information content (AvgIpc) is 3.45. The molecule has 37 heavy (non-hydrogen) atoms. The number of amides is 1. The molecule has 0 bridgehead atoms. The van der Waals surface area contributed by atoms with Gasteiger partial charge in [0.25, 0.3) is 0 Å². The number of hydrogen-bond donors (Lipinski definition) is 2. The molecule has 1 saturated heterocycles. The van der Waals surface area contributed by atoms with Crippen LogP contribution >= 0.6 is 0 Å². The number of alkyl halides is 3. The molecule has 12 heteroatoms. The maximum absolute atomic E-state index is 13.5. The molecular formula is C25H21F4N5O3. The van der Waals surface area contributed by atoms with Crippen LogP contribution in [0.2, 0.25) is 0 Å². The van der Waals surface area contributed by atoms with Crippen molar-refractivity contribution >= 4 is 22.6 Å². The fourth-order valence-corrected chi connectivity index (χ4v) is 4.19. The van der Waals surface area contributed by atoms with Crippen molar-refractivity contribution in [3.05, 3.63) is 78.1 Å². The van der Waals surface area contributed by atoms with Crippen LogP contribution in [0, 0.1) is 5.82 Å². The number of nitrogens with one attached hydrogen (secondary N) is 1. The number of rotatable bonds is 5. The summed E-state index contributed by atoms with van der Waals surface area (Å²) in [5.41, 5.74) is -0.421. The second-order valence-electron chi connectivity index (χ2n) is 8.66. The lowest BCUT2D eigenvalue weighted by Crippen LogP contribution is -2.22. The molecule has 1 aliphatic rings. The highest BCUT2D eigenvalue weighted by molar-refractivity contribution is 5.98. The van der Waals surface area contributed by atoms with Gasteiger partial charge in [0.15, 0.2) is 0 Å². The number of β-amino-alcohol motifs (C(OH)–C–C–N with tert-alkyl or cyclic N) is 1. The van der Waals surface area contributed by atoms with Crippen LogP contribution in [0.1, 0.15) is 17.7 Å². The number of aliphatic hydroxyl groups excluding tert-OH is 1. The van der Waals surface area contributed by atoms with Crippen LogP contribution in [-0.2, 0) is 12.7 Å². The molecule has 192 valence electrons. The number of nitrogens with zero attached hydrogens (tertiary/aromatic N) is 4. The summed E-state index contributed by atoms with van der Waals surface area (Å²) >= 11 is 0. The summed E-state index contributed by atoms with van der Waals surface area (Å²) in [5, 5.41) is 12.7. The number of anilines is 1. The molecular weight excluding hydrogens is 494 g/mol. The van der Waals surface area contributed by atoms with E-state index < -0.39 is 23.6 Å². The third kappa shape index (κ3) is 5.54. The molecule has 0 aliphatic carbocycles. The van der Waals surface area contributed by atoms with Gasteiger partial charge in [0, 0.05) is 43.0 Å². The SMILES string of the molecule is O=C(Nc1ccc(F)c(C(F)(F)F)c1)n1ccc2cc(Oc3cc(CN4CCC(O)C4)ncn3)ccc21. The normalized spacial score (nSPS) is 16.3. The number of hydrogen-bond acceptors (Lipinski definition) is 6. The number of aromatic nitrogens is 3. The summed E-state index contributed by atoms with van der Waals surface area (Å²) < 4.78 is 59.6. The van der Waals surface area contributed by atoms with Crippen molar-refractivity contribution in [1.29, 1.82) is 0 Å². The molecule has 4 aromatic rings. The van der Waals surface area contributed by atoms with Gasteiger partial charge >= 0.3 is 12.2 Å². The number of fused-ring (bicyclic) bond motifs is 1. The number of likely N-dealkylation sites (tertiary alicyclic amines) is 1. The van der Waals surface area contributed by atoms with Gasteiger partial charge in [-0.25, -0.2) is 19.2 Å². The van der Waals surface area contributed by atoms with Crippen molar-refractivity contribution in [2.75, 3.05) is 18.4 Å². The van der Waals surface area contributed by atoms with Gasteiger partial charge in [0.05, 0.1) is 22.9 Å². The van der Waals surface area contributed by atoms with E-state index in [0.29, 0.717) is 47.8 Å². The largest absolute Gasteiger partial charge is 0.439 e. The molecule has 0 saturated carbocycles. The number of aliphatic hydroxyl groups is 1. The molecule has 0 spiro atoms. The molecule has 2 N–H and O–H groups in total. The average molecular weight is 515 g/mol. The number of carbonyl (C=O) groups is 1. The molecule has 1 atom stereocenters. The van der Waals surface area contributed by atoms with Gasteiger partial charge in [0.2, 0.25) is 5.88 Å². The summed E-state index contributed by atoms with van der Waals surface area (Å²) in [6, 6.07) is 9.86. The van der Waals surface area contributed by atoms with Crippen molar-refractivity contribution in [1.82, 2.24) is 19.4 Å². The van der Waals surface area contributed by atoms with E-state index in [4.69, 9.17) is 4.74 Å². The second kappa shape index (κ2) is 9.79. The fourth-order valence-electron chi connectivity index (χ4n) is 4.19. The molecule has 5 rings (SSSR count). The smallest absolute Gasteiger partial charge is 0.419 e. The van der Waals surface area contributed by atoms with Crippen LogP contribution in [-0.4, -0.2) is 49.8 Å². The predicted octanol–water partition coefficient (Wildman–Crippen LogP) is 5.03. The van der Waals surface area contributed by atoms with Gasteiger partial charge in [-0.05, 0) is 48.9 Å². The Bertz CT molecular complexity index is 1460. The Morgan fingerprint density at radius 2 is 1.97 bits per heavy atom. The van der Waals surface area contributed by atoms with Gasteiger partial charge < -0.3 is 15.2 Å². The van der Waals surface area contributed by atoms with Gasteiger partial charge in [-0.3, -0.25) is 9.47 Å². The van der Waals surface area contributed by atoms with E-state index in [1.54, 1.807) is 30.3 Å². The Kier molecular flexibility index (Phi) is 6.52. The van der Waals surface area contributed by atoms with Crippen molar-refractivity contribution in [3.63, 3.8) is 0 Å². The van der Waals surface area contributed by atoms with Crippen LogP contribution in [0.25, 0.3) is 10.9 Å². The first kappa shape index (κ1) is 24.7. The van der Waals surface area contributed by atoms with E-state index in [9.17, 15) is 27.5 Å². The highest BCUT2D eigenvalue weighted by Gasteiger charge is 2.34. The minimum Gasteiger partial charge on any atom is -0.439 e. The van der Waals surface area contributed by atoms with Gasteiger partial charge in [-0.2, -0.15) is 13.2 Å². The van der Waals surface area contributed by atoms with Crippen LogP contribution in [0.5, 0.6) is 11.6 Å². The van der Waals surface area contributed by atoms with Crippen LogP contribution in [0.15, 0.2) is 61.1 Å². The first-order valence-corrected chi connectivity index (χ1v) is 11.3. The van der Waals surface area contributed by atoms with E-state index in [-0.39, 0.29) is 11.8 Å². The first-order chi connectivity index (χ1) is 17.7. The lowest BCUT2D eigenvalue weighted by Gasteiger charge is -2.14. The molecule has 1 amide bonds. The number of carbonyl (C=O) groups excluding carboxylic acids is 1. The third-order valence-corrected chi connectivity index (χ3v) is 5.96. The highest BCUT2D eigenvalue weighted by atomic mass is 19.4. The van der Waals surface area contributed by atoms with E-state index in [1.165, 1.54) is 17.1 Å². The number of benzene rings is 2. The van der Waals surface area contributed by atoms with Crippen LogP contribution in [0.4, 0.5) is 28.0 Å².